The van der Waals surface area contributed by atoms with Crippen LogP contribution < -0.4 is 9.38 Å². The van der Waals surface area contributed by atoms with E-state index in [2.05, 4.69) is 301 Å². The van der Waals surface area contributed by atoms with Crippen LogP contribution in [-0.4, -0.2) is 4.57 Å². The largest absolute Gasteiger partial charge is 0.310 e. The standard InChI is InChI=1S/C70H48N3/c1-5-19-49(20-6-1)53-35-36-55-46-59(39-37-54(55)44-53)71(60-40-41-65-64-32-14-16-34-69(64)73(70(65)48-60,61-27-9-3-10-28-61)62-29-11-4-12-30-62)58-26-18-23-52(45-58)50-21-17-22-51(43-50)56-38-42-68-66(47-56)63-31-13-15-33-67(63)72(68)57-24-7-2-8-25-57/h1-48H/q+1. The van der Waals surface area contributed by atoms with E-state index in [0.717, 1.165) is 33.9 Å². The minimum atomic E-state index is 0.472. The number of fused-ring (bicyclic) bond motifs is 7. The molecule has 0 spiro atoms. The van der Waals surface area contributed by atoms with Crippen molar-refractivity contribution in [2.24, 2.45) is 0 Å². The minimum absolute atomic E-state index is 0.472. The Hall–Kier alpha value is -9.54. The molecule has 1 aliphatic heterocycles. The van der Waals surface area contributed by atoms with Gasteiger partial charge in [-0.15, -0.1) is 0 Å². The van der Waals surface area contributed by atoms with Gasteiger partial charge in [0.25, 0.3) is 0 Å². The lowest BCUT2D eigenvalue weighted by Crippen LogP contribution is -2.31. The third kappa shape index (κ3) is 7.01. The summed E-state index contributed by atoms with van der Waals surface area (Å²) in [5.41, 5.74) is 21.2. The van der Waals surface area contributed by atoms with E-state index in [9.17, 15) is 0 Å². The highest BCUT2D eigenvalue weighted by Gasteiger charge is 2.48. The Labute approximate surface area is 425 Å². The van der Waals surface area contributed by atoms with Gasteiger partial charge in [-0.1, -0.05) is 170 Å². The van der Waals surface area contributed by atoms with Crippen LogP contribution in [0.25, 0.3) is 82.8 Å². The molecule has 0 unspecified atom stereocenters. The van der Waals surface area contributed by atoms with E-state index in [1.54, 1.807) is 0 Å². The lowest BCUT2D eigenvalue weighted by molar-refractivity contribution is 0.721. The first-order valence-corrected chi connectivity index (χ1v) is 25.1. The molecule has 0 amide bonds. The van der Waals surface area contributed by atoms with E-state index >= 15 is 0 Å². The van der Waals surface area contributed by atoms with E-state index in [1.165, 1.54) is 88.7 Å². The van der Waals surface area contributed by atoms with Crippen molar-refractivity contribution in [3.8, 4) is 50.2 Å². The maximum absolute atomic E-state index is 2.45. The van der Waals surface area contributed by atoms with Crippen LogP contribution in [-0.2, 0) is 0 Å². The molecule has 1 aromatic heterocycles. The van der Waals surface area contributed by atoms with Gasteiger partial charge in [0.05, 0.1) is 27.8 Å². The third-order valence-corrected chi connectivity index (χ3v) is 15.0. The average molecular weight is 931 g/mol. The normalized spacial score (nSPS) is 12.5. The number of hydrogen-bond acceptors (Lipinski definition) is 1. The molecule has 3 nitrogen and oxygen atoms in total. The molecule has 0 N–H and O–H groups in total. The molecule has 2 heterocycles. The van der Waals surface area contributed by atoms with Crippen molar-refractivity contribution < 1.29 is 0 Å². The summed E-state index contributed by atoms with van der Waals surface area (Å²) >= 11 is 0. The lowest BCUT2D eigenvalue weighted by Gasteiger charge is -2.35. The highest BCUT2D eigenvalue weighted by atomic mass is 15.4. The summed E-state index contributed by atoms with van der Waals surface area (Å²) in [7, 11) is 0. The van der Waals surface area contributed by atoms with Crippen LogP contribution in [0.1, 0.15) is 0 Å². The summed E-state index contributed by atoms with van der Waals surface area (Å²) in [6, 6.07) is 107. The zero-order valence-corrected chi connectivity index (χ0v) is 40.1. The van der Waals surface area contributed by atoms with Crippen LogP contribution in [0.2, 0.25) is 0 Å². The van der Waals surface area contributed by atoms with Gasteiger partial charge in [0, 0.05) is 64.2 Å². The predicted octanol–water partition coefficient (Wildman–Crippen LogP) is 19.7. The quantitative estimate of drug-likeness (QED) is 0.131. The van der Waals surface area contributed by atoms with Crippen molar-refractivity contribution in [2.45, 2.75) is 0 Å². The monoisotopic (exact) mass is 930 g/mol. The van der Waals surface area contributed by atoms with Crippen LogP contribution in [0, 0.1) is 0 Å². The highest BCUT2D eigenvalue weighted by Crippen LogP contribution is 2.63. The number of aromatic nitrogens is 1. The van der Waals surface area contributed by atoms with Crippen LogP contribution in [0.4, 0.5) is 39.8 Å². The molecule has 12 aromatic carbocycles. The molecule has 14 rings (SSSR count). The second kappa shape index (κ2) is 17.4. The molecule has 73 heavy (non-hydrogen) atoms. The smallest absolute Gasteiger partial charge is 0.158 e. The Kier molecular flexibility index (Phi) is 10.1. The fraction of sp³-hybridized carbons (Fsp3) is 0. The molecular weight excluding hydrogens is 883 g/mol. The van der Waals surface area contributed by atoms with E-state index in [4.69, 9.17) is 0 Å². The van der Waals surface area contributed by atoms with Gasteiger partial charge in [-0.2, -0.15) is 4.48 Å². The van der Waals surface area contributed by atoms with Gasteiger partial charge in [0.2, 0.25) is 0 Å². The van der Waals surface area contributed by atoms with E-state index in [1.807, 2.05) is 0 Å². The molecule has 1 aliphatic rings. The Morgan fingerprint density at radius 3 is 1.55 bits per heavy atom. The molecule has 342 valence electrons. The van der Waals surface area contributed by atoms with E-state index < -0.39 is 0 Å². The maximum atomic E-state index is 2.45. The van der Waals surface area contributed by atoms with Gasteiger partial charge < -0.3 is 9.47 Å². The van der Waals surface area contributed by atoms with Crippen molar-refractivity contribution in [1.82, 2.24) is 9.05 Å². The van der Waals surface area contributed by atoms with Gasteiger partial charge in [-0.05, 0) is 129 Å². The maximum Gasteiger partial charge on any atom is 0.158 e. The molecule has 0 radical (unpaired) electrons. The van der Waals surface area contributed by atoms with Crippen molar-refractivity contribution in [3.63, 3.8) is 0 Å². The molecule has 0 aliphatic carbocycles. The SMILES string of the molecule is c1ccc(-c2ccc3cc(N(c4cccc(-c5cccc(-c6ccc7c(c6)c6ccccc6n7-c6ccccc6)c5)c4)c4ccc5c(c4)[N+](c4ccccc4)(c4ccccc4)c4ccccc4-5)ccc3c2)cc1. The summed E-state index contributed by atoms with van der Waals surface area (Å²) in [4.78, 5) is 2.45. The fourth-order valence-electron chi connectivity index (χ4n) is 11.6. The number of hydrogen-bond donors (Lipinski definition) is 0. The second-order valence-electron chi connectivity index (χ2n) is 19.1. The van der Waals surface area contributed by atoms with Crippen molar-refractivity contribution >= 4 is 72.4 Å². The molecule has 0 bridgehead atoms. The number of anilines is 3. The Morgan fingerprint density at radius 2 is 0.781 bits per heavy atom. The Balaban J connectivity index is 0.924. The summed E-state index contributed by atoms with van der Waals surface area (Å²) < 4.78 is 2.85. The number of rotatable bonds is 9. The first-order chi connectivity index (χ1) is 36.2. The first kappa shape index (κ1) is 42.3. The number of quaternary nitrogens is 1. The fourth-order valence-corrected chi connectivity index (χ4v) is 11.6. The van der Waals surface area contributed by atoms with Crippen LogP contribution in [0.3, 0.4) is 0 Å². The second-order valence-corrected chi connectivity index (χ2v) is 19.1. The minimum Gasteiger partial charge on any atom is -0.310 e. The topological polar surface area (TPSA) is 8.17 Å². The number of benzene rings is 12. The highest BCUT2D eigenvalue weighted by molar-refractivity contribution is 6.11. The van der Waals surface area contributed by atoms with Gasteiger partial charge >= 0.3 is 0 Å². The van der Waals surface area contributed by atoms with Gasteiger partial charge in [0.1, 0.15) is 11.4 Å². The summed E-state index contributed by atoms with van der Waals surface area (Å²) in [5.74, 6) is 0. The molecule has 0 atom stereocenters. The molecule has 13 aromatic rings. The average Bonchev–Trinajstić information content (AvgIpc) is 3.98. The van der Waals surface area contributed by atoms with Crippen LogP contribution in [0.15, 0.2) is 291 Å². The molecule has 0 saturated heterocycles. The molecular formula is C70H48N3+. The first-order valence-electron chi connectivity index (χ1n) is 25.1. The van der Waals surface area contributed by atoms with E-state index in [-0.39, 0.29) is 0 Å². The van der Waals surface area contributed by atoms with Gasteiger partial charge in [-0.25, -0.2) is 0 Å². The summed E-state index contributed by atoms with van der Waals surface area (Å²) in [6.07, 6.45) is 0. The lowest BCUT2D eigenvalue weighted by atomic mass is 9.97. The van der Waals surface area contributed by atoms with Gasteiger partial charge in [0.15, 0.2) is 11.4 Å². The van der Waals surface area contributed by atoms with Crippen molar-refractivity contribution in [3.05, 3.63) is 291 Å². The third-order valence-electron chi connectivity index (χ3n) is 15.0. The summed E-state index contributed by atoms with van der Waals surface area (Å²) in [6.45, 7) is 0. The van der Waals surface area contributed by atoms with Crippen molar-refractivity contribution in [1.29, 1.82) is 0 Å². The van der Waals surface area contributed by atoms with Crippen LogP contribution in [0.5, 0.6) is 0 Å². The van der Waals surface area contributed by atoms with Gasteiger partial charge in [-0.3, -0.25) is 0 Å². The number of para-hydroxylation sites is 5. The number of nitrogens with zero attached hydrogens (tertiary/aromatic N) is 3. The summed E-state index contributed by atoms with van der Waals surface area (Å²) in [5, 5.41) is 4.87. The van der Waals surface area contributed by atoms with E-state index in [0.29, 0.717) is 4.48 Å². The molecule has 3 heteroatoms. The van der Waals surface area contributed by atoms with Crippen molar-refractivity contribution in [2.75, 3.05) is 4.90 Å². The molecule has 0 saturated carbocycles. The van der Waals surface area contributed by atoms with Crippen LogP contribution >= 0.6 is 0 Å². The zero-order valence-electron chi connectivity index (χ0n) is 40.1. The Morgan fingerprint density at radius 1 is 0.274 bits per heavy atom. The Bertz CT molecular complexity index is 4160. The predicted molar refractivity (Wildman–Crippen MR) is 308 cm³/mol. The molecule has 0 fully saturated rings. The zero-order chi connectivity index (χ0) is 48.3.